The second kappa shape index (κ2) is 16.4. The molecule has 13 aromatic rings. The van der Waals surface area contributed by atoms with Gasteiger partial charge in [-0.3, -0.25) is 4.57 Å². The summed E-state index contributed by atoms with van der Waals surface area (Å²) in [5, 5.41) is 4.52. The summed E-state index contributed by atoms with van der Waals surface area (Å²) in [4.78, 5) is 15.7. The van der Waals surface area contributed by atoms with Crippen molar-refractivity contribution in [3.63, 3.8) is 0 Å². The van der Waals surface area contributed by atoms with E-state index in [4.69, 9.17) is 15.0 Å². The maximum Gasteiger partial charge on any atom is 0.238 e. The van der Waals surface area contributed by atoms with Crippen LogP contribution < -0.4 is 0 Å². The van der Waals surface area contributed by atoms with Crippen LogP contribution in [0.5, 0.6) is 0 Å². The number of hydrogen-bond donors (Lipinski definition) is 0. The van der Waals surface area contributed by atoms with Crippen molar-refractivity contribution in [1.82, 2.24) is 24.1 Å². The van der Waals surface area contributed by atoms with Crippen molar-refractivity contribution < 1.29 is 0 Å². The monoisotopic (exact) mass is 867 g/mol. The van der Waals surface area contributed by atoms with Gasteiger partial charge in [0.05, 0.1) is 27.8 Å². The van der Waals surface area contributed by atoms with Gasteiger partial charge in [-0.05, 0) is 63.7 Å². The van der Waals surface area contributed by atoms with Crippen LogP contribution >= 0.6 is 0 Å². The predicted octanol–water partition coefficient (Wildman–Crippen LogP) is 16.1. The Morgan fingerprint density at radius 2 is 0.632 bits per heavy atom. The standard InChI is InChI=1S/C63H41N5/c1-5-19-42(20-6-1)44-35-37-47(38-36-44)62-64-61(46-25-11-4-12-26-46)65-63(66-62)68-57-34-16-14-30-53(57)55-40-58-54(41-59(55)68)52-29-13-15-33-56(52)67(58)60-50(45-23-9-3-10-24-45)31-18-32-51(60)49-28-17-27-48(39-49)43-21-7-2-8-22-43/h1-41H. The number of hydrogen-bond acceptors (Lipinski definition) is 3. The van der Waals surface area contributed by atoms with Gasteiger partial charge in [0.2, 0.25) is 5.95 Å². The fourth-order valence-electron chi connectivity index (χ4n) is 10.0. The van der Waals surface area contributed by atoms with Crippen LogP contribution in [0, 0.1) is 0 Å². The van der Waals surface area contributed by atoms with Crippen LogP contribution in [0.25, 0.3) is 123 Å². The molecule has 0 bridgehead atoms. The molecule has 13 rings (SSSR count). The summed E-state index contributed by atoms with van der Waals surface area (Å²) in [6, 6.07) is 88.4. The summed E-state index contributed by atoms with van der Waals surface area (Å²) in [6.07, 6.45) is 0. The number of fused-ring (bicyclic) bond motifs is 6. The van der Waals surface area contributed by atoms with Crippen molar-refractivity contribution in [3.8, 4) is 78.9 Å². The molecule has 10 aromatic carbocycles. The average Bonchev–Trinajstić information content (AvgIpc) is 3.92. The fraction of sp³-hybridized carbons (Fsp3) is 0. The summed E-state index contributed by atoms with van der Waals surface area (Å²) >= 11 is 0. The van der Waals surface area contributed by atoms with Crippen LogP contribution in [0.1, 0.15) is 0 Å². The van der Waals surface area contributed by atoms with Crippen molar-refractivity contribution in [2.75, 3.05) is 0 Å². The molecule has 0 saturated carbocycles. The molecule has 0 radical (unpaired) electrons. The third kappa shape index (κ3) is 6.68. The van der Waals surface area contributed by atoms with Gasteiger partial charge in [-0.2, -0.15) is 9.97 Å². The average molecular weight is 868 g/mol. The predicted molar refractivity (Wildman–Crippen MR) is 281 cm³/mol. The summed E-state index contributed by atoms with van der Waals surface area (Å²) in [6.45, 7) is 0. The van der Waals surface area contributed by atoms with Gasteiger partial charge in [0.25, 0.3) is 0 Å². The first-order valence-electron chi connectivity index (χ1n) is 23.0. The molecule has 5 heteroatoms. The van der Waals surface area contributed by atoms with Crippen molar-refractivity contribution in [3.05, 3.63) is 249 Å². The summed E-state index contributed by atoms with van der Waals surface area (Å²) in [5.41, 5.74) is 16.5. The van der Waals surface area contributed by atoms with Crippen molar-refractivity contribution in [2.24, 2.45) is 0 Å². The van der Waals surface area contributed by atoms with Crippen molar-refractivity contribution >= 4 is 43.6 Å². The lowest BCUT2D eigenvalue weighted by Crippen LogP contribution is -2.06. The Kier molecular flexibility index (Phi) is 9.43. The molecule has 5 nitrogen and oxygen atoms in total. The van der Waals surface area contributed by atoms with Crippen LogP contribution in [-0.4, -0.2) is 24.1 Å². The van der Waals surface area contributed by atoms with E-state index in [0.29, 0.717) is 17.6 Å². The van der Waals surface area contributed by atoms with Gasteiger partial charge in [0.1, 0.15) is 0 Å². The molecule has 0 amide bonds. The lowest BCUT2D eigenvalue weighted by Gasteiger charge is -2.19. The molecule has 0 aliphatic rings. The van der Waals surface area contributed by atoms with E-state index in [0.717, 1.165) is 93.8 Å². The number of rotatable bonds is 8. The molecule has 318 valence electrons. The van der Waals surface area contributed by atoms with Gasteiger partial charge in [0, 0.05) is 43.8 Å². The van der Waals surface area contributed by atoms with Crippen LogP contribution in [0.4, 0.5) is 0 Å². The Bertz CT molecular complexity index is 3990. The fourth-order valence-corrected chi connectivity index (χ4v) is 10.0. The van der Waals surface area contributed by atoms with Gasteiger partial charge < -0.3 is 4.57 Å². The maximum absolute atomic E-state index is 5.32. The number of aromatic nitrogens is 5. The van der Waals surface area contributed by atoms with Crippen LogP contribution in [0.3, 0.4) is 0 Å². The Hall–Kier alpha value is -9.19. The van der Waals surface area contributed by atoms with Gasteiger partial charge >= 0.3 is 0 Å². The van der Waals surface area contributed by atoms with Crippen LogP contribution in [0.15, 0.2) is 249 Å². The molecule has 0 aliphatic heterocycles. The molecule has 0 spiro atoms. The molecule has 0 saturated heterocycles. The lowest BCUT2D eigenvalue weighted by atomic mass is 9.93. The molecule has 68 heavy (non-hydrogen) atoms. The second-order valence-electron chi connectivity index (χ2n) is 17.2. The summed E-state index contributed by atoms with van der Waals surface area (Å²) in [7, 11) is 0. The SMILES string of the molecule is c1ccc(-c2ccc(-c3nc(-c4ccccc4)nc(-n4c5ccccc5c5cc6c(cc54)c4ccccc4n6-c4c(-c5ccccc5)cccc4-c4cccc(-c5ccccc5)c4)n3)cc2)cc1. The third-order valence-electron chi connectivity index (χ3n) is 13.2. The first-order valence-corrected chi connectivity index (χ1v) is 23.0. The highest BCUT2D eigenvalue weighted by Crippen LogP contribution is 2.44. The van der Waals surface area contributed by atoms with Crippen molar-refractivity contribution in [1.29, 1.82) is 0 Å². The van der Waals surface area contributed by atoms with Gasteiger partial charge in [0.15, 0.2) is 11.6 Å². The van der Waals surface area contributed by atoms with Crippen molar-refractivity contribution in [2.45, 2.75) is 0 Å². The van der Waals surface area contributed by atoms with E-state index >= 15 is 0 Å². The minimum Gasteiger partial charge on any atom is -0.308 e. The maximum atomic E-state index is 5.32. The molecule has 0 unspecified atom stereocenters. The minimum absolute atomic E-state index is 0.560. The molecule has 0 atom stereocenters. The summed E-state index contributed by atoms with van der Waals surface area (Å²) < 4.78 is 4.72. The summed E-state index contributed by atoms with van der Waals surface area (Å²) in [5.74, 6) is 1.78. The van der Waals surface area contributed by atoms with Gasteiger partial charge in [-0.1, -0.05) is 218 Å². The quantitative estimate of drug-likeness (QED) is 0.153. The second-order valence-corrected chi connectivity index (χ2v) is 17.2. The largest absolute Gasteiger partial charge is 0.308 e. The lowest BCUT2D eigenvalue weighted by molar-refractivity contribution is 0.954. The molecule has 0 aliphatic carbocycles. The van der Waals surface area contributed by atoms with E-state index in [-0.39, 0.29) is 0 Å². The first kappa shape index (κ1) is 39.2. The number of nitrogens with zero attached hydrogens (tertiary/aromatic N) is 5. The third-order valence-corrected chi connectivity index (χ3v) is 13.2. The normalized spacial score (nSPS) is 11.5. The Morgan fingerprint density at radius 3 is 1.24 bits per heavy atom. The van der Waals surface area contributed by atoms with E-state index in [1.165, 1.54) is 11.1 Å². The zero-order chi connectivity index (χ0) is 45.0. The van der Waals surface area contributed by atoms with E-state index in [2.05, 4.69) is 234 Å². The molecule has 0 fully saturated rings. The van der Waals surface area contributed by atoms with Crippen LogP contribution in [0.2, 0.25) is 0 Å². The van der Waals surface area contributed by atoms with E-state index < -0.39 is 0 Å². The molecular weight excluding hydrogens is 827 g/mol. The zero-order valence-corrected chi connectivity index (χ0v) is 36.9. The first-order chi connectivity index (χ1) is 33.7. The van der Waals surface area contributed by atoms with E-state index in [9.17, 15) is 0 Å². The molecular formula is C63H41N5. The van der Waals surface area contributed by atoms with E-state index in [1.54, 1.807) is 0 Å². The van der Waals surface area contributed by atoms with Gasteiger partial charge in [-0.15, -0.1) is 0 Å². The Morgan fingerprint density at radius 1 is 0.235 bits per heavy atom. The smallest absolute Gasteiger partial charge is 0.238 e. The zero-order valence-electron chi connectivity index (χ0n) is 36.9. The number of benzene rings is 10. The highest BCUT2D eigenvalue weighted by atomic mass is 15.2. The Labute approximate surface area is 393 Å². The molecule has 0 N–H and O–H groups in total. The molecule has 3 heterocycles. The highest BCUT2D eigenvalue weighted by Gasteiger charge is 2.24. The van der Waals surface area contributed by atoms with Crippen LogP contribution in [-0.2, 0) is 0 Å². The minimum atomic E-state index is 0.560. The Balaban J connectivity index is 1.07. The number of para-hydroxylation sites is 3. The van der Waals surface area contributed by atoms with Gasteiger partial charge in [-0.25, -0.2) is 4.98 Å². The highest BCUT2D eigenvalue weighted by molar-refractivity contribution is 6.19. The molecule has 3 aromatic heterocycles. The van der Waals surface area contributed by atoms with E-state index in [1.807, 2.05) is 24.3 Å². The topological polar surface area (TPSA) is 48.5 Å².